The van der Waals surface area contributed by atoms with Crippen LogP contribution in [0.25, 0.3) is 6.08 Å². The summed E-state index contributed by atoms with van der Waals surface area (Å²) in [6, 6.07) is 14.5. The van der Waals surface area contributed by atoms with Gasteiger partial charge in [-0.3, -0.25) is 19.7 Å². The quantitative estimate of drug-likeness (QED) is 0.332. The predicted octanol–water partition coefficient (Wildman–Crippen LogP) is 3.22. The second kappa shape index (κ2) is 10.6. The van der Waals surface area contributed by atoms with E-state index >= 15 is 0 Å². The van der Waals surface area contributed by atoms with E-state index in [1.807, 2.05) is 0 Å². The summed E-state index contributed by atoms with van der Waals surface area (Å²) in [5.74, 6) is -2.59. The summed E-state index contributed by atoms with van der Waals surface area (Å²) in [6.07, 6.45) is 1.27. The van der Waals surface area contributed by atoms with Crippen LogP contribution in [0.4, 0.5) is 20.6 Å². The Morgan fingerprint density at radius 1 is 1.05 bits per heavy atom. The lowest BCUT2D eigenvalue weighted by molar-refractivity contribution is -0.122. The van der Waals surface area contributed by atoms with Gasteiger partial charge in [-0.25, -0.2) is 14.1 Å². The van der Waals surface area contributed by atoms with Crippen molar-refractivity contribution >= 4 is 41.2 Å². The number of barbiturate groups is 1. The van der Waals surface area contributed by atoms with Gasteiger partial charge < -0.3 is 19.9 Å². The number of carbonyl (C=O) groups excluding carboxylic acids is 4. The van der Waals surface area contributed by atoms with Gasteiger partial charge in [0.1, 0.15) is 17.1 Å². The lowest BCUT2D eigenvalue weighted by Gasteiger charge is -2.26. The first-order valence-corrected chi connectivity index (χ1v) is 10.8. The molecule has 1 aliphatic heterocycles. The Morgan fingerprint density at radius 3 is 2.49 bits per heavy atom. The highest BCUT2D eigenvalue weighted by Crippen LogP contribution is 2.30. The van der Waals surface area contributed by atoms with Crippen LogP contribution in [0.2, 0.25) is 0 Å². The van der Waals surface area contributed by atoms with E-state index in [0.717, 1.165) is 4.90 Å². The van der Waals surface area contributed by atoms with E-state index in [1.165, 1.54) is 73.8 Å². The third-order valence-corrected chi connectivity index (χ3v) is 5.21. The first kappa shape index (κ1) is 24.9. The van der Waals surface area contributed by atoms with Gasteiger partial charge in [-0.05, 0) is 60.2 Å². The number of benzene rings is 3. The maximum atomic E-state index is 13.7. The van der Waals surface area contributed by atoms with Crippen molar-refractivity contribution in [3.8, 4) is 17.2 Å². The number of hydrogen-bond donors (Lipinski definition) is 3. The molecule has 0 aliphatic carbocycles. The van der Waals surface area contributed by atoms with E-state index in [2.05, 4.69) is 10.6 Å². The fraction of sp³-hybridized carbons (Fsp3) is 0.0769. The maximum Gasteiger partial charge on any atom is 0.335 e. The molecule has 4 rings (SSSR count). The molecule has 0 bridgehead atoms. The summed E-state index contributed by atoms with van der Waals surface area (Å²) < 4.78 is 24.5. The van der Waals surface area contributed by atoms with Gasteiger partial charge in [0.25, 0.3) is 17.7 Å². The Bertz CT molecular complexity index is 1420. The molecule has 1 heterocycles. The molecule has 0 aromatic heterocycles. The molecule has 10 nitrogen and oxygen atoms in total. The standard InChI is InChI=1S/C26H20FN3O7/c1-36-22-13-15(6-11-21(22)37-14-23(32)28-20-5-3-2-4-19(20)27)12-18-24(33)29-26(35)30(25(18)34)16-7-9-17(31)10-8-16/h2-13,31H,14H2,1H3,(H,28,32)(H,29,33,35)/b18-12-. The number of anilines is 2. The van der Waals surface area contributed by atoms with Crippen molar-refractivity contribution in [3.05, 3.63) is 83.7 Å². The fourth-order valence-electron chi connectivity index (χ4n) is 3.45. The number of imide groups is 2. The van der Waals surface area contributed by atoms with Crippen molar-refractivity contribution in [3.63, 3.8) is 0 Å². The molecule has 37 heavy (non-hydrogen) atoms. The van der Waals surface area contributed by atoms with Crippen LogP contribution in [0, 0.1) is 5.82 Å². The van der Waals surface area contributed by atoms with Gasteiger partial charge in [0.05, 0.1) is 18.5 Å². The maximum absolute atomic E-state index is 13.7. The highest BCUT2D eigenvalue weighted by atomic mass is 19.1. The van der Waals surface area contributed by atoms with Crippen molar-refractivity contribution in [2.24, 2.45) is 0 Å². The van der Waals surface area contributed by atoms with Crippen LogP contribution in [0.15, 0.2) is 72.3 Å². The summed E-state index contributed by atoms with van der Waals surface area (Å²) in [6.45, 7) is -0.435. The molecule has 5 amide bonds. The van der Waals surface area contributed by atoms with Crippen LogP contribution >= 0.6 is 0 Å². The van der Waals surface area contributed by atoms with Crippen LogP contribution in [0.3, 0.4) is 0 Å². The molecule has 0 atom stereocenters. The number of para-hydroxylation sites is 1. The molecule has 0 spiro atoms. The Morgan fingerprint density at radius 2 is 1.78 bits per heavy atom. The summed E-state index contributed by atoms with van der Waals surface area (Å²) in [4.78, 5) is 50.6. The van der Waals surface area contributed by atoms with Crippen LogP contribution in [-0.2, 0) is 14.4 Å². The largest absolute Gasteiger partial charge is 0.508 e. The molecular weight excluding hydrogens is 485 g/mol. The number of aromatic hydroxyl groups is 1. The third kappa shape index (κ3) is 5.56. The van der Waals surface area contributed by atoms with E-state index in [0.29, 0.717) is 5.56 Å². The van der Waals surface area contributed by atoms with Crippen molar-refractivity contribution in [2.75, 3.05) is 23.9 Å². The van der Waals surface area contributed by atoms with Gasteiger partial charge >= 0.3 is 6.03 Å². The van der Waals surface area contributed by atoms with Crippen molar-refractivity contribution in [2.45, 2.75) is 0 Å². The summed E-state index contributed by atoms with van der Waals surface area (Å²) in [5.41, 5.74) is 0.236. The summed E-state index contributed by atoms with van der Waals surface area (Å²) in [5, 5.41) is 14.0. The molecular formula is C26H20FN3O7. The van der Waals surface area contributed by atoms with Crippen molar-refractivity contribution < 1.29 is 38.1 Å². The van der Waals surface area contributed by atoms with Gasteiger partial charge in [-0.15, -0.1) is 0 Å². The molecule has 0 unspecified atom stereocenters. The lowest BCUT2D eigenvalue weighted by atomic mass is 10.1. The van der Waals surface area contributed by atoms with Crippen molar-refractivity contribution in [1.82, 2.24) is 5.32 Å². The second-order valence-corrected chi connectivity index (χ2v) is 7.70. The van der Waals surface area contributed by atoms with Gasteiger partial charge in [0, 0.05) is 0 Å². The molecule has 3 aromatic carbocycles. The first-order valence-electron chi connectivity index (χ1n) is 10.8. The first-order chi connectivity index (χ1) is 17.8. The van der Waals surface area contributed by atoms with E-state index in [4.69, 9.17) is 9.47 Å². The Labute approximate surface area is 209 Å². The zero-order valence-electron chi connectivity index (χ0n) is 19.4. The second-order valence-electron chi connectivity index (χ2n) is 7.70. The number of nitrogens with one attached hydrogen (secondary N) is 2. The Balaban J connectivity index is 1.51. The zero-order valence-corrected chi connectivity index (χ0v) is 19.4. The Kier molecular flexibility index (Phi) is 7.14. The number of phenolic OH excluding ortho intramolecular Hbond substituents is 1. The molecule has 1 fully saturated rings. The van der Waals surface area contributed by atoms with Crippen LogP contribution < -0.4 is 25.0 Å². The number of phenols is 1. The number of ether oxygens (including phenoxy) is 2. The highest BCUT2D eigenvalue weighted by Gasteiger charge is 2.36. The van der Waals surface area contributed by atoms with E-state index in [1.54, 1.807) is 6.07 Å². The van der Waals surface area contributed by atoms with Gasteiger partial charge in [0.15, 0.2) is 18.1 Å². The number of methoxy groups -OCH3 is 1. The van der Waals surface area contributed by atoms with Crippen LogP contribution in [-0.4, -0.2) is 42.6 Å². The van der Waals surface area contributed by atoms with E-state index in [-0.39, 0.29) is 34.2 Å². The number of hydrogen-bond acceptors (Lipinski definition) is 7. The molecule has 188 valence electrons. The molecule has 0 radical (unpaired) electrons. The molecule has 1 aliphatic rings. The SMILES string of the molecule is COc1cc(/C=C2/C(=O)NC(=O)N(c3ccc(O)cc3)C2=O)ccc1OCC(=O)Nc1ccccc1F. The predicted molar refractivity (Wildman–Crippen MR) is 131 cm³/mol. The molecule has 3 N–H and O–H groups in total. The van der Waals surface area contributed by atoms with Crippen molar-refractivity contribution in [1.29, 1.82) is 0 Å². The van der Waals surface area contributed by atoms with Crippen LogP contribution in [0.5, 0.6) is 17.2 Å². The minimum Gasteiger partial charge on any atom is -0.508 e. The van der Waals surface area contributed by atoms with Crippen LogP contribution in [0.1, 0.15) is 5.56 Å². The van der Waals surface area contributed by atoms with Gasteiger partial charge in [-0.2, -0.15) is 0 Å². The zero-order chi connectivity index (χ0) is 26.5. The summed E-state index contributed by atoms with van der Waals surface area (Å²) in [7, 11) is 1.36. The van der Waals surface area contributed by atoms with E-state index in [9.17, 15) is 28.7 Å². The smallest absolute Gasteiger partial charge is 0.335 e. The summed E-state index contributed by atoms with van der Waals surface area (Å²) >= 11 is 0. The number of halogens is 1. The van der Waals surface area contributed by atoms with Gasteiger partial charge in [-0.1, -0.05) is 18.2 Å². The number of carbonyl (C=O) groups is 4. The number of amides is 5. The number of nitrogens with zero attached hydrogens (tertiary/aromatic N) is 1. The Hall–Kier alpha value is -5.19. The molecule has 1 saturated heterocycles. The molecule has 11 heteroatoms. The molecule has 3 aromatic rings. The van der Waals surface area contributed by atoms with Gasteiger partial charge in [0.2, 0.25) is 0 Å². The molecule has 0 saturated carbocycles. The average Bonchev–Trinajstić information content (AvgIpc) is 2.88. The minimum absolute atomic E-state index is 0.0142. The normalized spacial score (nSPS) is 14.4. The topological polar surface area (TPSA) is 134 Å². The van der Waals surface area contributed by atoms with E-state index < -0.39 is 36.2 Å². The number of rotatable bonds is 7. The highest BCUT2D eigenvalue weighted by molar-refractivity contribution is 6.39. The lowest BCUT2D eigenvalue weighted by Crippen LogP contribution is -2.54. The third-order valence-electron chi connectivity index (χ3n) is 5.21. The monoisotopic (exact) mass is 505 g/mol. The minimum atomic E-state index is -0.923. The average molecular weight is 505 g/mol. The number of urea groups is 1. The fourth-order valence-corrected chi connectivity index (χ4v) is 3.45.